The number of hydrogen-bond donors (Lipinski definition) is 1. The minimum absolute atomic E-state index is 0.330. The Labute approximate surface area is 90.2 Å². The van der Waals surface area contributed by atoms with Crippen molar-refractivity contribution in [3.05, 3.63) is 0 Å². The standard InChI is InChI=1S/C11H19NO3/c1-15-10-5-9(6-10)12-3-2-8(7-12)4-11(13)14/h8-10H,2-7H2,1H3,(H,13,14). The quantitative estimate of drug-likeness (QED) is 0.755. The predicted molar refractivity (Wildman–Crippen MR) is 55.8 cm³/mol. The summed E-state index contributed by atoms with van der Waals surface area (Å²) < 4.78 is 5.25. The molecule has 0 aromatic heterocycles. The second-order valence-electron chi connectivity index (χ2n) is 4.73. The molecule has 1 atom stereocenters. The second kappa shape index (κ2) is 4.49. The number of likely N-dealkylation sites (tertiary alicyclic amines) is 1. The number of methoxy groups -OCH3 is 1. The van der Waals surface area contributed by atoms with Gasteiger partial charge in [0.1, 0.15) is 0 Å². The van der Waals surface area contributed by atoms with Crippen LogP contribution in [0.3, 0.4) is 0 Å². The monoisotopic (exact) mass is 213 g/mol. The van der Waals surface area contributed by atoms with Gasteiger partial charge in [-0.05, 0) is 31.7 Å². The topological polar surface area (TPSA) is 49.8 Å². The zero-order chi connectivity index (χ0) is 10.8. The molecule has 86 valence electrons. The lowest BCUT2D eigenvalue weighted by Crippen LogP contribution is -2.46. The lowest BCUT2D eigenvalue weighted by atomic mass is 9.88. The third-order valence-electron chi connectivity index (χ3n) is 3.70. The van der Waals surface area contributed by atoms with E-state index >= 15 is 0 Å². The van der Waals surface area contributed by atoms with Crippen LogP contribution in [0.25, 0.3) is 0 Å². The summed E-state index contributed by atoms with van der Waals surface area (Å²) in [6.07, 6.45) is 4.05. The van der Waals surface area contributed by atoms with Crippen LogP contribution in [0.4, 0.5) is 0 Å². The van der Waals surface area contributed by atoms with Crippen LogP contribution in [-0.4, -0.2) is 48.3 Å². The van der Waals surface area contributed by atoms with Crippen molar-refractivity contribution in [1.82, 2.24) is 4.90 Å². The molecule has 0 radical (unpaired) electrons. The van der Waals surface area contributed by atoms with E-state index in [1.807, 2.05) is 0 Å². The molecule has 1 aliphatic heterocycles. The van der Waals surface area contributed by atoms with Crippen molar-refractivity contribution in [3.63, 3.8) is 0 Å². The first-order valence-corrected chi connectivity index (χ1v) is 5.67. The summed E-state index contributed by atoms with van der Waals surface area (Å²) >= 11 is 0. The Hall–Kier alpha value is -0.610. The van der Waals surface area contributed by atoms with Crippen molar-refractivity contribution in [2.45, 2.75) is 37.8 Å². The van der Waals surface area contributed by atoms with Gasteiger partial charge >= 0.3 is 5.97 Å². The molecule has 1 N–H and O–H groups in total. The lowest BCUT2D eigenvalue weighted by Gasteiger charge is -2.40. The molecule has 15 heavy (non-hydrogen) atoms. The van der Waals surface area contributed by atoms with Crippen molar-refractivity contribution >= 4 is 5.97 Å². The summed E-state index contributed by atoms with van der Waals surface area (Å²) in [5.74, 6) is -0.297. The van der Waals surface area contributed by atoms with Crippen LogP contribution < -0.4 is 0 Å². The first-order valence-electron chi connectivity index (χ1n) is 5.67. The van der Waals surface area contributed by atoms with Gasteiger partial charge in [0.15, 0.2) is 0 Å². The average Bonchev–Trinajstić information content (AvgIpc) is 2.50. The van der Waals surface area contributed by atoms with Crippen molar-refractivity contribution < 1.29 is 14.6 Å². The van der Waals surface area contributed by atoms with Crippen LogP contribution in [0.15, 0.2) is 0 Å². The molecule has 4 heteroatoms. The van der Waals surface area contributed by atoms with Gasteiger partial charge < -0.3 is 9.84 Å². The molecule has 1 aliphatic carbocycles. The van der Waals surface area contributed by atoms with E-state index in [2.05, 4.69) is 4.90 Å². The molecule has 0 aromatic rings. The average molecular weight is 213 g/mol. The fourth-order valence-corrected chi connectivity index (χ4v) is 2.64. The van der Waals surface area contributed by atoms with Crippen LogP contribution in [-0.2, 0) is 9.53 Å². The lowest BCUT2D eigenvalue weighted by molar-refractivity contribution is -0.138. The van der Waals surface area contributed by atoms with Gasteiger partial charge in [-0.1, -0.05) is 0 Å². The molecule has 0 amide bonds. The van der Waals surface area contributed by atoms with Gasteiger partial charge in [-0.3, -0.25) is 9.69 Å². The molecular formula is C11H19NO3. The van der Waals surface area contributed by atoms with Crippen LogP contribution >= 0.6 is 0 Å². The highest BCUT2D eigenvalue weighted by Gasteiger charge is 2.37. The van der Waals surface area contributed by atoms with E-state index in [1.54, 1.807) is 7.11 Å². The molecular weight excluding hydrogens is 194 g/mol. The number of hydrogen-bond acceptors (Lipinski definition) is 3. The number of ether oxygens (including phenoxy) is 1. The highest BCUT2D eigenvalue weighted by molar-refractivity contribution is 5.67. The third-order valence-corrected chi connectivity index (χ3v) is 3.70. The molecule has 2 rings (SSSR count). The summed E-state index contributed by atoms with van der Waals surface area (Å²) in [6, 6.07) is 0.647. The van der Waals surface area contributed by atoms with Crippen molar-refractivity contribution in [3.8, 4) is 0 Å². The van der Waals surface area contributed by atoms with Gasteiger partial charge in [0.25, 0.3) is 0 Å². The molecule has 1 unspecified atom stereocenters. The van der Waals surface area contributed by atoms with Crippen LogP contribution in [0, 0.1) is 5.92 Å². The van der Waals surface area contributed by atoms with E-state index in [1.165, 1.54) is 0 Å². The molecule has 0 bridgehead atoms. The van der Waals surface area contributed by atoms with Crippen LogP contribution in [0.2, 0.25) is 0 Å². The minimum atomic E-state index is -0.662. The van der Waals surface area contributed by atoms with E-state index in [9.17, 15) is 4.79 Å². The molecule has 0 aromatic carbocycles. The summed E-state index contributed by atoms with van der Waals surface area (Å²) in [5, 5.41) is 8.71. The first kappa shape index (κ1) is 10.9. The maximum atomic E-state index is 10.6. The largest absolute Gasteiger partial charge is 0.481 e. The van der Waals surface area contributed by atoms with E-state index in [0.717, 1.165) is 32.4 Å². The maximum absolute atomic E-state index is 10.6. The molecule has 1 saturated heterocycles. The van der Waals surface area contributed by atoms with E-state index in [4.69, 9.17) is 9.84 Å². The van der Waals surface area contributed by atoms with E-state index in [0.29, 0.717) is 24.5 Å². The minimum Gasteiger partial charge on any atom is -0.481 e. The Morgan fingerprint density at radius 3 is 2.87 bits per heavy atom. The van der Waals surface area contributed by atoms with E-state index in [-0.39, 0.29) is 0 Å². The molecule has 1 saturated carbocycles. The zero-order valence-corrected chi connectivity index (χ0v) is 9.19. The van der Waals surface area contributed by atoms with Crippen LogP contribution in [0.1, 0.15) is 25.7 Å². The van der Waals surface area contributed by atoms with Gasteiger partial charge in [-0.15, -0.1) is 0 Å². The fourth-order valence-electron chi connectivity index (χ4n) is 2.64. The molecule has 0 spiro atoms. The molecule has 2 fully saturated rings. The Morgan fingerprint density at radius 1 is 1.53 bits per heavy atom. The number of carboxylic acids is 1. The smallest absolute Gasteiger partial charge is 0.303 e. The van der Waals surface area contributed by atoms with E-state index < -0.39 is 5.97 Å². The Bertz CT molecular complexity index is 238. The first-order chi connectivity index (χ1) is 7.19. The van der Waals surface area contributed by atoms with Crippen molar-refractivity contribution in [2.75, 3.05) is 20.2 Å². The number of carboxylic acid groups (broad SMARTS) is 1. The Morgan fingerprint density at radius 2 is 2.27 bits per heavy atom. The molecule has 1 heterocycles. The maximum Gasteiger partial charge on any atom is 0.303 e. The third kappa shape index (κ3) is 2.49. The highest BCUT2D eigenvalue weighted by atomic mass is 16.5. The van der Waals surface area contributed by atoms with Gasteiger partial charge in [-0.25, -0.2) is 0 Å². The molecule has 2 aliphatic rings. The number of nitrogens with zero attached hydrogens (tertiary/aromatic N) is 1. The number of rotatable bonds is 4. The zero-order valence-electron chi connectivity index (χ0n) is 9.19. The van der Waals surface area contributed by atoms with Crippen LogP contribution in [0.5, 0.6) is 0 Å². The summed E-state index contributed by atoms with van der Waals surface area (Å²) in [6.45, 7) is 2.03. The molecule has 4 nitrogen and oxygen atoms in total. The van der Waals surface area contributed by atoms with Gasteiger partial charge in [0.2, 0.25) is 0 Å². The summed E-state index contributed by atoms with van der Waals surface area (Å²) in [5.41, 5.74) is 0. The fraction of sp³-hybridized carbons (Fsp3) is 0.909. The highest BCUT2D eigenvalue weighted by Crippen LogP contribution is 2.32. The number of carbonyl (C=O) groups is 1. The van der Waals surface area contributed by atoms with Gasteiger partial charge in [0.05, 0.1) is 6.10 Å². The van der Waals surface area contributed by atoms with Crippen molar-refractivity contribution in [1.29, 1.82) is 0 Å². The van der Waals surface area contributed by atoms with Crippen molar-refractivity contribution in [2.24, 2.45) is 5.92 Å². The predicted octanol–water partition coefficient (Wildman–Crippen LogP) is 0.960. The SMILES string of the molecule is COC1CC(N2CCC(CC(=O)O)C2)C1. The Kier molecular flexibility index (Phi) is 3.26. The second-order valence-corrected chi connectivity index (χ2v) is 4.73. The van der Waals surface area contributed by atoms with Gasteiger partial charge in [-0.2, -0.15) is 0 Å². The summed E-state index contributed by atoms with van der Waals surface area (Å²) in [4.78, 5) is 13.0. The summed E-state index contributed by atoms with van der Waals surface area (Å²) in [7, 11) is 1.76. The number of aliphatic carboxylic acids is 1. The Balaban J connectivity index is 1.72. The van der Waals surface area contributed by atoms with Gasteiger partial charge in [0, 0.05) is 26.1 Å². The normalized spacial score (nSPS) is 36.5.